The summed E-state index contributed by atoms with van der Waals surface area (Å²) in [6.07, 6.45) is 7.20. The molecular formula is C19H27N3. The van der Waals surface area contributed by atoms with Crippen LogP contribution < -0.4 is 5.32 Å². The van der Waals surface area contributed by atoms with Crippen molar-refractivity contribution in [3.8, 4) is 5.69 Å². The Hall–Kier alpha value is -1.77. The van der Waals surface area contributed by atoms with Gasteiger partial charge >= 0.3 is 0 Å². The van der Waals surface area contributed by atoms with Gasteiger partial charge in [0.2, 0.25) is 0 Å². The minimum absolute atomic E-state index is 1.05. The topological polar surface area (TPSA) is 29.9 Å². The zero-order valence-corrected chi connectivity index (χ0v) is 14.1. The highest BCUT2D eigenvalue weighted by Crippen LogP contribution is 2.30. The first-order valence-electron chi connectivity index (χ1n) is 8.63. The van der Waals surface area contributed by atoms with E-state index in [9.17, 15) is 0 Å². The quantitative estimate of drug-likeness (QED) is 0.895. The number of rotatable bonds is 4. The van der Waals surface area contributed by atoms with E-state index in [2.05, 4.69) is 49.0 Å². The van der Waals surface area contributed by atoms with Crippen molar-refractivity contribution in [2.45, 2.75) is 59.3 Å². The number of aryl methyl sites for hydroxylation is 2. The summed E-state index contributed by atoms with van der Waals surface area (Å²) < 4.78 is 2.16. The molecule has 0 fully saturated rings. The third kappa shape index (κ3) is 2.77. The third-order valence-electron chi connectivity index (χ3n) is 4.78. The van der Waals surface area contributed by atoms with Crippen molar-refractivity contribution in [3.63, 3.8) is 0 Å². The largest absolute Gasteiger partial charge is 0.370 e. The molecule has 118 valence electrons. The molecule has 0 radical (unpaired) electrons. The maximum absolute atomic E-state index is 5.00. The maximum Gasteiger partial charge on any atom is 0.133 e. The molecule has 0 spiro atoms. The summed E-state index contributed by atoms with van der Waals surface area (Å²) in [6, 6.07) is 6.49. The second kappa shape index (κ2) is 6.55. The van der Waals surface area contributed by atoms with Gasteiger partial charge in [-0.3, -0.25) is 0 Å². The summed E-state index contributed by atoms with van der Waals surface area (Å²) in [7, 11) is 0. The van der Waals surface area contributed by atoms with Gasteiger partial charge in [-0.1, -0.05) is 25.5 Å². The van der Waals surface area contributed by atoms with Crippen molar-refractivity contribution in [1.29, 1.82) is 0 Å². The van der Waals surface area contributed by atoms with E-state index in [0.717, 1.165) is 19.4 Å². The van der Waals surface area contributed by atoms with Gasteiger partial charge in [-0.05, 0) is 63.1 Å². The van der Waals surface area contributed by atoms with E-state index in [1.807, 2.05) is 0 Å². The minimum Gasteiger partial charge on any atom is -0.370 e. The van der Waals surface area contributed by atoms with Crippen LogP contribution in [0, 0.1) is 13.8 Å². The molecule has 0 aliphatic carbocycles. The molecule has 2 heterocycles. The van der Waals surface area contributed by atoms with E-state index in [1.54, 1.807) is 0 Å². The summed E-state index contributed by atoms with van der Waals surface area (Å²) in [6.45, 7) is 7.67. The van der Waals surface area contributed by atoms with Crippen LogP contribution in [-0.2, 0) is 12.8 Å². The first kappa shape index (κ1) is 15.1. The Morgan fingerprint density at radius 3 is 2.91 bits per heavy atom. The van der Waals surface area contributed by atoms with Gasteiger partial charge in [0.1, 0.15) is 5.82 Å². The molecule has 1 N–H and O–H groups in total. The lowest BCUT2D eigenvalue weighted by atomic mass is 10.1. The smallest absolute Gasteiger partial charge is 0.133 e. The predicted molar refractivity (Wildman–Crippen MR) is 93.1 cm³/mol. The van der Waals surface area contributed by atoms with Gasteiger partial charge in [-0.2, -0.15) is 5.10 Å². The number of benzene rings is 1. The molecule has 3 rings (SSSR count). The standard InChI is InChI=1S/C19H27N3/c1-4-5-11-17-16-10-6-7-13-20-19(16)22(21-17)18-12-8-9-14(2)15(18)3/h8-9,12,20H,4-7,10-11,13H2,1-3H3. The van der Waals surface area contributed by atoms with Crippen LogP contribution in [-0.4, -0.2) is 16.3 Å². The molecule has 0 atom stereocenters. The van der Waals surface area contributed by atoms with Gasteiger partial charge < -0.3 is 5.32 Å². The Morgan fingerprint density at radius 1 is 1.23 bits per heavy atom. The Labute approximate surface area is 133 Å². The fraction of sp³-hybridized carbons (Fsp3) is 0.526. The van der Waals surface area contributed by atoms with Gasteiger partial charge in [0.15, 0.2) is 0 Å². The van der Waals surface area contributed by atoms with Gasteiger partial charge in [-0.25, -0.2) is 4.68 Å². The lowest BCUT2D eigenvalue weighted by Crippen LogP contribution is -2.08. The second-order valence-corrected chi connectivity index (χ2v) is 6.39. The zero-order chi connectivity index (χ0) is 15.5. The number of anilines is 1. The summed E-state index contributed by atoms with van der Waals surface area (Å²) >= 11 is 0. The van der Waals surface area contributed by atoms with Gasteiger partial charge in [-0.15, -0.1) is 0 Å². The fourth-order valence-corrected chi connectivity index (χ4v) is 3.26. The van der Waals surface area contributed by atoms with Crippen molar-refractivity contribution < 1.29 is 0 Å². The first-order valence-corrected chi connectivity index (χ1v) is 8.63. The Balaban J connectivity index is 2.10. The number of aromatic nitrogens is 2. The molecule has 22 heavy (non-hydrogen) atoms. The number of nitrogens with one attached hydrogen (secondary N) is 1. The average Bonchev–Trinajstić information content (AvgIpc) is 2.70. The van der Waals surface area contributed by atoms with Crippen molar-refractivity contribution in [2.24, 2.45) is 0 Å². The van der Waals surface area contributed by atoms with Crippen molar-refractivity contribution in [2.75, 3.05) is 11.9 Å². The highest BCUT2D eigenvalue weighted by Gasteiger charge is 2.21. The van der Waals surface area contributed by atoms with E-state index >= 15 is 0 Å². The van der Waals surface area contributed by atoms with Crippen molar-refractivity contribution in [1.82, 2.24) is 9.78 Å². The zero-order valence-electron chi connectivity index (χ0n) is 14.1. The van der Waals surface area contributed by atoms with Gasteiger partial charge in [0.05, 0.1) is 11.4 Å². The molecule has 0 amide bonds. The predicted octanol–water partition coefficient (Wildman–Crippen LogP) is 4.58. The molecule has 3 nitrogen and oxygen atoms in total. The van der Waals surface area contributed by atoms with Crippen molar-refractivity contribution >= 4 is 5.82 Å². The number of fused-ring (bicyclic) bond motifs is 1. The van der Waals surface area contributed by atoms with Gasteiger partial charge in [0.25, 0.3) is 0 Å². The molecule has 1 aliphatic heterocycles. The normalized spacial score (nSPS) is 14.3. The maximum atomic E-state index is 5.00. The van der Waals surface area contributed by atoms with E-state index in [-0.39, 0.29) is 0 Å². The van der Waals surface area contributed by atoms with Crippen LogP contribution in [0.4, 0.5) is 5.82 Å². The minimum atomic E-state index is 1.05. The molecule has 2 aromatic rings. The Bertz CT molecular complexity index is 655. The molecule has 1 aromatic carbocycles. The fourth-order valence-electron chi connectivity index (χ4n) is 3.26. The highest BCUT2D eigenvalue weighted by atomic mass is 15.3. The molecule has 3 heteroatoms. The molecule has 0 unspecified atom stereocenters. The Kier molecular flexibility index (Phi) is 4.51. The number of unbranched alkanes of at least 4 members (excludes halogenated alkanes) is 1. The van der Waals surface area contributed by atoms with Crippen LogP contribution in [0.2, 0.25) is 0 Å². The summed E-state index contributed by atoms with van der Waals surface area (Å²) in [5.74, 6) is 1.23. The molecular weight excluding hydrogens is 270 g/mol. The average molecular weight is 297 g/mol. The molecule has 0 saturated heterocycles. The SMILES string of the molecule is CCCCc1nn(-c2cccc(C)c2C)c2c1CCCCN2. The lowest BCUT2D eigenvalue weighted by molar-refractivity contribution is 0.727. The first-order chi connectivity index (χ1) is 10.7. The monoisotopic (exact) mass is 297 g/mol. The number of hydrogen-bond acceptors (Lipinski definition) is 2. The summed E-state index contributed by atoms with van der Waals surface area (Å²) in [5, 5.41) is 8.63. The summed E-state index contributed by atoms with van der Waals surface area (Å²) in [4.78, 5) is 0. The van der Waals surface area contributed by atoms with Crippen LogP contribution in [0.5, 0.6) is 0 Å². The van der Waals surface area contributed by atoms with Crippen LogP contribution in [0.15, 0.2) is 18.2 Å². The molecule has 1 aromatic heterocycles. The number of hydrogen-bond donors (Lipinski definition) is 1. The van der Waals surface area contributed by atoms with Crippen LogP contribution in [0.1, 0.15) is 55.0 Å². The summed E-state index contributed by atoms with van der Waals surface area (Å²) in [5.41, 5.74) is 6.61. The van der Waals surface area contributed by atoms with Crippen LogP contribution in [0.25, 0.3) is 5.69 Å². The van der Waals surface area contributed by atoms with E-state index in [0.29, 0.717) is 0 Å². The third-order valence-corrected chi connectivity index (χ3v) is 4.78. The Morgan fingerprint density at radius 2 is 2.09 bits per heavy atom. The second-order valence-electron chi connectivity index (χ2n) is 6.39. The van der Waals surface area contributed by atoms with Gasteiger partial charge in [0, 0.05) is 12.1 Å². The van der Waals surface area contributed by atoms with E-state index in [4.69, 9.17) is 5.10 Å². The van der Waals surface area contributed by atoms with E-state index < -0.39 is 0 Å². The van der Waals surface area contributed by atoms with Crippen molar-refractivity contribution in [3.05, 3.63) is 40.6 Å². The lowest BCUT2D eigenvalue weighted by Gasteiger charge is -2.13. The molecule has 0 saturated carbocycles. The molecule has 0 bridgehead atoms. The number of nitrogens with zero attached hydrogens (tertiary/aromatic N) is 2. The van der Waals surface area contributed by atoms with E-state index in [1.165, 1.54) is 59.6 Å². The highest BCUT2D eigenvalue weighted by molar-refractivity contribution is 5.57. The van der Waals surface area contributed by atoms with Crippen LogP contribution >= 0.6 is 0 Å². The molecule has 1 aliphatic rings. The van der Waals surface area contributed by atoms with Crippen LogP contribution in [0.3, 0.4) is 0 Å².